The highest BCUT2D eigenvalue weighted by molar-refractivity contribution is 5.75. The highest BCUT2D eigenvalue weighted by Crippen LogP contribution is 2.24. The molecule has 0 aromatic carbocycles. The SMILES string of the molecule is Cc1noc(CCCC(=O)NC[C@H](c2ccco2)N2CCCCC2)n1. The van der Waals surface area contributed by atoms with Gasteiger partial charge in [-0.15, -0.1) is 0 Å². The largest absolute Gasteiger partial charge is 0.468 e. The number of carbonyl (C=O) groups excluding carboxylic acids is 1. The Bertz CT molecular complexity index is 647. The topological polar surface area (TPSA) is 84.4 Å². The molecule has 136 valence electrons. The molecule has 1 aliphatic rings. The smallest absolute Gasteiger partial charge is 0.226 e. The van der Waals surface area contributed by atoms with E-state index in [0.717, 1.165) is 18.8 Å². The summed E-state index contributed by atoms with van der Waals surface area (Å²) in [4.78, 5) is 18.7. The summed E-state index contributed by atoms with van der Waals surface area (Å²) < 4.78 is 10.7. The third kappa shape index (κ3) is 5.16. The van der Waals surface area contributed by atoms with Crippen LogP contribution >= 0.6 is 0 Å². The van der Waals surface area contributed by atoms with E-state index in [4.69, 9.17) is 8.94 Å². The van der Waals surface area contributed by atoms with Crippen LogP contribution in [-0.4, -0.2) is 40.6 Å². The lowest BCUT2D eigenvalue weighted by Crippen LogP contribution is -2.40. The van der Waals surface area contributed by atoms with E-state index in [-0.39, 0.29) is 11.9 Å². The van der Waals surface area contributed by atoms with Crippen molar-refractivity contribution < 1.29 is 13.7 Å². The van der Waals surface area contributed by atoms with E-state index < -0.39 is 0 Å². The molecule has 1 fully saturated rings. The minimum Gasteiger partial charge on any atom is -0.468 e. The van der Waals surface area contributed by atoms with Gasteiger partial charge in [0.15, 0.2) is 5.82 Å². The van der Waals surface area contributed by atoms with Gasteiger partial charge in [-0.2, -0.15) is 4.98 Å². The molecule has 0 aliphatic carbocycles. The third-order valence-electron chi connectivity index (χ3n) is 4.56. The van der Waals surface area contributed by atoms with Crippen molar-refractivity contribution >= 4 is 5.91 Å². The summed E-state index contributed by atoms with van der Waals surface area (Å²) in [6.45, 7) is 4.47. The maximum Gasteiger partial charge on any atom is 0.226 e. The summed E-state index contributed by atoms with van der Waals surface area (Å²) in [5.41, 5.74) is 0. The number of likely N-dealkylation sites (tertiary alicyclic amines) is 1. The number of hydrogen-bond donors (Lipinski definition) is 1. The molecule has 0 radical (unpaired) electrons. The summed E-state index contributed by atoms with van der Waals surface area (Å²) in [6, 6.07) is 4.00. The zero-order valence-electron chi connectivity index (χ0n) is 14.7. The molecule has 25 heavy (non-hydrogen) atoms. The second kappa shape index (κ2) is 8.80. The van der Waals surface area contributed by atoms with Crippen LogP contribution < -0.4 is 5.32 Å². The Morgan fingerprint density at radius 3 is 2.88 bits per heavy atom. The monoisotopic (exact) mass is 346 g/mol. The predicted molar refractivity (Wildman–Crippen MR) is 91.9 cm³/mol. The van der Waals surface area contributed by atoms with Crippen molar-refractivity contribution in [3.63, 3.8) is 0 Å². The van der Waals surface area contributed by atoms with E-state index >= 15 is 0 Å². The predicted octanol–water partition coefficient (Wildman–Crippen LogP) is 2.64. The van der Waals surface area contributed by atoms with Gasteiger partial charge >= 0.3 is 0 Å². The summed E-state index contributed by atoms with van der Waals surface area (Å²) in [6.07, 6.45) is 7.16. The van der Waals surface area contributed by atoms with Gasteiger partial charge in [0, 0.05) is 19.4 Å². The van der Waals surface area contributed by atoms with Crippen molar-refractivity contribution in [2.24, 2.45) is 0 Å². The molecule has 1 aliphatic heterocycles. The molecule has 1 amide bonds. The number of nitrogens with zero attached hydrogens (tertiary/aromatic N) is 3. The molecule has 7 heteroatoms. The average molecular weight is 346 g/mol. The second-order valence-corrected chi connectivity index (χ2v) is 6.52. The number of nitrogens with one attached hydrogen (secondary N) is 1. The maximum atomic E-state index is 12.2. The number of amides is 1. The van der Waals surface area contributed by atoms with E-state index in [2.05, 4.69) is 20.4 Å². The van der Waals surface area contributed by atoms with Gasteiger partial charge in [0.1, 0.15) is 5.76 Å². The fraction of sp³-hybridized carbons (Fsp3) is 0.611. The van der Waals surface area contributed by atoms with Gasteiger partial charge in [0.25, 0.3) is 0 Å². The molecule has 0 bridgehead atoms. The van der Waals surface area contributed by atoms with Gasteiger partial charge in [0.2, 0.25) is 11.8 Å². The van der Waals surface area contributed by atoms with Crippen molar-refractivity contribution in [3.8, 4) is 0 Å². The Hall–Kier alpha value is -2.15. The molecule has 7 nitrogen and oxygen atoms in total. The molecule has 0 saturated carbocycles. The van der Waals surface area contributed by atoms with Crippen LogP contribution in [0.25, 0.3) is 0 Å². The molecule has 1 saturated heterocycles. The summed E-state index contributed by atoms with van der Waals surface area (Å²) in [5, 5.41) is 6.80. The molecular formula is C18H26N4O3. The third-order valence-corrected chi connectivity index (χ3v) is 4.56. The Morgan fingerprint density at radius 2 is 2.20 bits per heavy atom. The van der Waals surface area contributed by atoms with E-state index in [1.807, 2.05) is 12.1 Å². The first-order chi connectivity index (χ1) is 12.2. The lowest BCUT2D eigenvalue weighted by molar-refractivity contribution is -0.121. The highest BCUT2D eigenvalue weighted by Gasteiger charge is 2.24. The molecule has 0 unspecified atom stereocenters. The quantitative estimate of drug-likeness (QED) is 0.791. The van der Waals surface area contributed by atoms with Crippen LogP contribution in [0.3, 0.4) is 0 Å². The minimum absolute atomic E-state index is 0.0461. The lowest BCUT2D eigenvalue weighted by Gasteiger charge is -2.33. The van der Waals surface area contributed by atoms with Crippen molar-refractivity contribution in [2.45, 2.75) is 51.5 Å². The van der Waals surface area contributed by atoms with Crippen molar-refractivity contribution in [3.05, 3.63) is 35.9 Å². The van der Waals surface area contributed by atoms with Crippen LogP contribution in [0.15, 0.2) is 27.3 Å². The number of hydrogen-bond acceptors (Lipinski definition) is 6. The standard InChI is InChI=1S/C18H26N4O3/c1-14-20-18(25-21-14)9-5-8-17(23)19-13-15(16-7-6-12-24-16)22-10-3-2-4-11-22/h6-7,12,15H,2-5,8-11,13H2,1H3,(H,19,23)/t15-/m1/s1. The molecular weight excluding hydrogens is 320 g/mol. The minimum atomic E-state index is 0.0461. The van der Waals surface area contributed by atoms with Crippen LogP contribution in [0.4, 0.5) is 0 Å². The molecule has 0 spiro atoms. The number of aryl methyl sites for hydroxylation is 2. The first kappa shape index (κ1) is 17.7. The molecule has 3 heterocycles. The van der Waals surface area contributed by atoms with Gasteiger partial charge < -0.3 is 14.3 Å². The van der Waals surface area contributed by atoms with Gasteiger partial charge in [-0.3, -0.25) is 9.69 Å². The number of furan rings is 1. The first-order valence-electron chi connectivity index (χ1n) is 9.06. The molecule has 2 aromatic heterocycles. The lowest BCUT2D eigenvalue weighted by atomic mass is 10.1. The van der Waals surface area contributed by atoms with E-state index in [1.165, 1.54) is 19.3 Å². The Balaban J connectivity index is 1.46. The van der Waals surface area contributed by atoms with E-state index in [9.17, 15) is 4.79 Å². The zero-order chi connectivity index (χ0) is 17.5. The van der Waals surface area contributed by atoms with Crippen LogP contribution in [0.1, 0.15) is 55.6 Å². The highest BCUT2D eigenvalue weighted by atomic mass is 16.5. The van der Waals surface area contributed by atoms with Crippen molar-refractivity contribution in [2.75, 3.05) is 19.6 Å². The van der Waals surface area contributed by atoms with Crippen LogP contribution in [0.2, 0.25) is 0 Å². The Morgan fingerprint density at radius 1 is 1.36 bits per heavy atom. The molecule has 3 rings (SSSR count). The summed E-state index contributed by atoms with van der Waals surface area (Å²) in [5.74, 6) is 2.18. The van der Waals surface area contributed by atoms with Gasteiger partial charge in [-0.1, -0.05) is 11.6 Å². The number of aromatic nitrogens is 2. The first-order valence-corrected chi connectivity index (χ1v) is 9.06. The van der Waals surface area contributed by atoms with Crippen molar-refractivity contribution in [1.82, 2.24) is 20.4 Å². The van der Waals surface area contributed by atoms with Crippen molar-refractivity contribution in [1.29, 1.82) is 0 Å². The van der Waals surface area contributed by atoms with Crippen LogP contribution in [-0.2, 0) is 11.2 Å². The van der Waals surface area contributed by atoms with Crippen LogP contribution in [0.5, 0.6) is 0 Å². The second-order valence-electron chi connectivity index (χ2n) is 6.52. The van der Waals surface area contributed by atoms with E-state index in [0.29, 0.717) is 37.5 Å². The van der Waals surface area contributed by atoms with E-state index in [1.54, 1.807) is 13.2 Å². The number of carbonyl (C=O) groups is 1. The number of rotatable bonds is 8. The van der Waals surface area contributed by atoms with Gasteiger partial charge in [-0.05, 0) is 51.4 Å². The van der Waals surface area contributed by atoms with Crippen LogP contribution in [0, 0.1) is 6.92 Å². The molecule has 2 aromatic rings. The fourth-order valence-corrected chi connectivity index (χ4v) is 3.26. The zero-order valence-corrected chi connectivity index (χ0v) is 14.7. The molecule has 1 atom stereocenters. The average Bonchev–Trinajstić information content (AvgIpc) is 3.28. The fourth-order valence-electron chi connectivity index (χ4n) is 3.26. The molecule has 1 N–H and O–H groups in total. The normalized spacial score (nSPS) is 16.7. The number of piperidine rings is 1. The summed E-state index contributed by atoms with van der Waals surface area (Å²) >= 11 is 0. The van der Waals surface area contributed by atoms with Gasteiger partial charge in [-0.25, -0.2) is 0 Å². The Labute approximate surface area is 147 Å². The summed E-state index contributed by atoms with van der Waals surface area (Å²) in [7, 11) is 0. The Kier molecular flexibility index (Phi) is 6.22. The maximum absolute atomic E-state index is 12.2. The van der Waals surface area contributed by atoms with Gasteiger partial charge in [0.05, 0.1) is 12.3 Å².